The van der Waals surface area contributed by atoms with E-state index in [0.29, 0.717) is 55.8 Å². The maximum Gasteiger partial charge on any atom is 0.416 e. The van der Waals surface area contributed by atoms with Gasteiger partial charge in [-0.2, -0.15) is 26.3 Å². The molecule has 45 heavy (non-hydrogen) atoms. The zero-order valence-electron chi connectivity index (χ0n) is 25.4. The van der Waals surface area contributed by atoms with E-state index in [1.165, 1.54) is 26.1 Å². The normalized spacial score (nSPS) is 25.9. The Kier molecular flexibility index (Phi) is 8.65. The molecule has 1 saturated carbocycles. The summed E-state index contributed by atoms with van der Waals surface area (Å²) in [5.74, 6) is -0.452. The standard InChI is InChI=1S/C32H36F7N3O3/c1-5-45-28(43)30-15-23(30)16-41(17-30)25-8-9-42(27(14-25)26-7-6-24(33)10-18(26)2)29(44)40(4)19(3)20-11-21(31(34,35)36)13-22(12-20)32(37,38)39/h6-7,10-13,19,23,25,27H,5,8-9,14-17H2,1-4H3/t19-,23?,25+,27-,30?/m1/s1. The van der Waals surface area contributed by atoms with Crippen LogP contribution in [0.1, 0.15) is 73.0 Å². The second-order valence-electron chi connectivity index (χ2n) is 12.5. The van der Waals surface area contributed by atoms with Crippen molar-refractivity contribution in [2.75, 3.05) is 33.3 Å². The van der Waals surface area contributed by atoms with Crippen LogP contribution >= 0.6 is 0 Å². The van der Waals surface area contributed by atoms with Gasteiger partial charge >= 0.3 is 24.4 Å². The second-order valence-corrected chi connectivity index (χ2v) is 12.5. The number of nitrogens with zero attached hydrogens (tertiary/aromatic N) is 3. The largest absolute Gasteiger partial charge is 0.466 e. The summed E-state index contributed by atoms with van der Waals surface area (Å²) in [6.07, 6.45) is -8.28. The van der Waals surface area contributed by atoms with E-state index in [1.54, 1.807) is 24.8 Å². The van der Waals surface area contributed by atoms with Gasteiger partial charge in [0, 0.05) is 32.7 Å². The molecule has 2 unspecified atom stereocenters. The fraction of sp³-hybridized carbons (Fsp3) is 0.562. The van der Waals surface area contributed by atoms with E-state index in [9.17, 15) is 40.3 Å². The van der Waals surface area contributed by atoms with Gasteiger partial charge < -0.3 is 14.5 Å². The van der Waals surface area contributed by atoms with Gasteiger partial charge in [0.05, 0.1) is 35.2 Å². The van der Waals surface area contributed by atoms with Crippen LogP contribution in [0.25, 0.3) is 0 Å². The van der Waals surface area contributed by atoms with Gasteiger partial charge in [0.1, 0.15) is 5.82 Å². The van der Waals surface area contributed by atoms with Gasteiger partial charge in [0.2, 0.25) is 0 Å². The molecule has 2 aromatic rings. The number of carbonyl (C=O) groups is 2. The van der Waals surface area contributed by atoms with E-state index in [-0.39, 0.29) is 36.1 Å². The van der Waals surface area contributed by atoms with Crippen LogP contribution in [0.3, 0.4) is 0 Å². The molecule has 5 rings (SSSR count). The number of ether oxygens (including phenoxy) is 1. The Bertz CT molecular complexity index is 1430. The third-order valence-corrected chi connectivity index (χ3v) is 9.76. The Morgan fingerprint density at radius 2 is 1.71 bits per heavy atom. The first-order valence-corrected chi connectivity index (χ1v) is 15.0. The summed E-state index contributed by atoms with van der Waals surface area (Å²) in [5, 5.41) is 0. The van der Waals surface area contributed by atoms with E-state index >= 15 is 0 Å². The first-order chi connectivity index (χ1) is 21.0. The predicted molar refractivity (Wildman–Crippen MR) is 150 cm³/mol. The number of esters is 1. The molecule has 1 aliphatic carbocycles. The second kappa shape index (κ2) is 11.8. The third kappa shape index (κ3) is 6.37. The molecule has 2 amide bonds. The van der Waals surface area contributed by atoms with Crippen molar-refractivity contribution in [1.82, 2.24) is 14.7 Å². The molecule has 2 saturated heterocycles. The number of aryl methyl sites for hydroxylation is 1. The Balaban J connectivity index is 1.41. The molecule has 5 atom stereocenters. The maximum absolute atomic E-state index is 14.1. The summed E-state index contributed by atoms with van der Waals surface area (Å²) in [5.41, 5.74) is -2.43. The minimum absolute atomic E-state index is 0.0110. The molecule has 3 aliphatic rings. The quantitative estimate of drug-likeness (QED) is 0.244. The number of rotatable bonds is 6. The summed E-state index contributed by atoms with van der Waals surface area (Å²) in [6, 6.07) is 3.31. The van der Waals surface area contributed by atoms with Crippen molar-refractivity contribution in [3.8, 4) is 0 Å². The van der Waals surface area contributed by atoms with E-state index in [0.717, 1.165) is 11.3 Å². The fourth-order valence-corrected chi connectivity index (χ4v) is 7.02. The van der Waals surface area contributed by atoms with Gasteiger partial charge in [-0.1, -0.05) is 6.07 Å². The number of amides is 2. The molecule has 246 valence electrons. The number of hydrogen-bond acceptors (Lipinski definition) is 4. The van der Waals surface area contributed by atoms with E-state index in [4.69, 9.17) is 4.74 Å². The number of alkyl halides is 6. The number of benzene rings is 2. The van der Waals surface area contributed by atoms with Crippen molar-refractivity contribution in [2.45, 2.75) is 70.5 Å². The van der Waals surface area contributed by atoms with Crippen LogP contribution in [-0.2, 0) is 21.9 Å². The van der Waals surface area contributed by atoms with Crippen LogP contribution in [0.5, 0.6) is 0 Å². The monoisotopic (exact) mass is 643 g/mol. The lowest BCUT2D eigenvalue weighted by Crippen LogP contribution is -2.52. The van der Waals surface area contributed by atoms with Crippen molar-refractivity contribution in [3.05, 3.63) is 70.0 Å². The number of piperidine rings is 2. The highest BCUT2D eigenvalue weighted by Crippen LogP contribution is 2.59. The Hall–Kier alpha value is -3.35. The van der Waals surface area contributed by atoms with Gasteiger partial charge in [0.15, 0.2) is 0 Å². The van der Waals surface area contributed by atoms with E-state index < -0.39 is 52.8 Å². The van der Waals surface area contributed by atoms with Crippen molar-refractivity contribution in [3.63, 3.8) is 0 Å². The predicted octanol–water partition coefficient (Wildman–Crippen LogP) is 7.38. The van der Waals surface area contributed by atoms with Crippen LogP contribution in [0.2, 0.25) is 0 Å². The lowest BCUT2D eigenvalue weighted by molar-refractivity contribution is -0.150. The van der Waals surface area contributed by atoms with Crippen molar-refractivity contribution in [1.29, 1.82) is 0 Å². The lowest BCUT2D eigenvalue weighted by Gasteiger charge is -2.45. The van der Waals surface area contributed by atoms with Gasteiger partial charge in [-0.15, -0.1) is 0 Å². The molecule has 0 aromatic heterocycles. The summed E-state index contributed by atoms with van der Waals surface area (Å²) in [4.78, 5) is 31.6. The van der Waals surface area contributed by atoms with Crippen LogP contribution < -0.4 is 0 Å². The fourth-order valence-electron chi connectivity index (χ4n) is 7.02. The minimum Gasteiger partial charge on any atom is -0.466 e. The summed E-state index contributed by atoms with van der Waals surface area (Å²) in [6.45, 7) is 6.65. The Morgan fingerprint density at radius 1 is 1.07 bits per heavy atom. The highest BCUT2D eigenvalue weighted by molar-refractivity contribution is 5.81. The molecule has 3 fully saturated rings. The number of urea groups is 1. The van der Waals surface area contributed by atoms with Crippen molar-refractivity contribution >= 4 is 12.0 Å². The number of hydrogen-bond donors (Lipinski definition) is 0. The van der Waals surface area contributed by atoms with Gasteiger partial charge in [-0.05, 0) is 93.0 Å². The highest BCUT2D eigenvalue weighted by atomic mass is 19.4. The number of likely N-dealkylation sites (tertiary alicyclic amines) is 2. The van der Waals surface area contributed by atoms with Gasteiger partial charge in [-0.3, -0.25) is 9.69 Å². The number of fused-ring (bicyclic) bond motifs is 1. The lowest BCUT2D eigenvalue weighted by atomic mass is 9.88. The number of halogens is 7. The van der Waals surface area contributed by atoms with E-state index in [2.05, 4.69) is 4.90 Å². The molecule has 6 nitrogen and oxygen atoms in total. The van der Waals surface area contributed by atoms with Crippen molar-refractivity contribution in [2.24, 2.45) is 11.3 Å². The summed E-state index contributed by atoms with van der Waals surface area (Å²) >= 11 is 0. The minimum atomic E-state index is -5.02. The Morgan fingerprint density at radius 3 is 2.29 bits per heavy atom. The summed E-state index contributed by atoms with van der Waals surface area (Å²) < 4.78 is 101. The van der Waals surface area contributed by atoms with Crippen LogP contribution in [0.15, 0.2) is 36.4 Å². The third-order valence-electron chi connectivity index (χ3n) is 9.76. The smallest absolute Gasteiger partial charge is 0.416 e. The average Bonchev–Trinajstić information content (AvgIpc) is 3.55. The molecule has 2 heterocycles. The molecule has 2 aromatic carbocycles. The molecular weight excluding hydrogens is 607 g/mol. The first-order valence-electron chi connectivity index (χ1n) is 15.0. The molecule has 2 aliphatic heterocycles. The maximum atomic E-state index is 14.1. The van der Waals surface area contributed by atoms with Gasteiger partial charge in [0.25, 0.3) is 0 Å². The van der Waals surface area contributed by atoms with Crippen molar-refractivity contribution < 1.29 is 45.1 Å². The molecule has 0 N–H and O–H groups in total. The number of carbonyl (C=O) groups excluding carboxylic acids is 2. The molecule has 0 radical (unpaired) electrons. The average molecular weight is 644 g/mol. The van der Waals surface area contributed by atoms with Crippen LogP contribution in [-0.4, -0.2) is 66.0 Å². The zero-order valence-corrected chi connectivity index (χ0v) is 25.4. The summed E-state index contributed by atoms with van der Waals surface area (Å²) in [7, 11) is 1.35. The van der Waals surface area contributed by atoms with Crippen LogP contribution in [0, 0.1) is 24.1 Å². The zero-order chi connectivity index (χ0) is 33.1. The topological polar surface area (TPSA) is 53.1 Å². The Labute approximate surface area is 257 Å². The molecule has 0 spiro atoms. The molecular formula is C32H36F7N3O3. The molecule has 13 heteroatoms. The SMILES string of the molecule is CCOC(=O)C12CC1CN([C@H]1CCN(C(=O)N(C)[C@H](C)c3cc(C(F)(F)F)cc(C(F)(F)F)c3)[C@@H](c3ccc(F)cc3C)C1)C2. The highest BCUT2D eigenvalue weighted by Gasteiger charge is 2.66. The molecule has 0 bridgehead atoms. The first kappa shape index (κ1) is 33.0. The van der Waals surface area contributed by atoms with Gasteiger partial charge in [-0.25, -0.2) is 9.18 Å². The van der Waals surface area contributed by atoms with E-state index in [1.807, 2.05) is 0 Å². The van der Waals surface area contributed by atoms with Crippen LogP contribution in [0.4, 0.5) is 35.5 Å².